The molecular formula is C9H16N2O2. The van der Waals surface area contributed by atoms with Gasteiger partial charge in [0.05, 0.1) is 6.61 Å². The third-order valence-electron chi connectivity index (χ3n) is 2.68. The normalized spacial score (nSPS) is 30.3. The lowest BCUT2D eigenvalue weighted by molar-refractivity contribution is -0.135. The minimum Gasteiger partial charge on any atom is -0.367 e. The van der Waals surface area contributed by atoms with E-state index in [-0.39, 0.29) is 12.0 Å². The first-order chi connectivity index (χ1) is 6.25. The summed E-state index contributed by atoms with van der Waals surface area (Å²) in [7, 11) is 0. The van der Waals surface area contributed by atoms with E-state index in [2.05, 4.69) is 4.90 Å². The average molecular weight is 184 g/mol. The number of nitrogens with two attached hydrogens (primary N) is 1. The molecule has 1 amide bonds. The lowest BCUT2D eigenvalue weighted by atomic mass is 10.2. The SMILES string of the molecule is NC(=O)[C@@H]1CN(CC2CC2)CCO1. The van der Waals surface area contributed by atoms with Crippen molar-refractivity contribution in [3.05, 3.63) is 0 Å². The second kappa shape index (κ2) is 3.64. The van der Waals surface area contributed by atoms with Gasteiger partial charge in [-0.25, -0.2) is 0 Å². The summed E-state index contributed by atoms with van der Waals surface area (Å²) >= 11 is 0. The van der Waals surface area contributed by atoms with Gasteiger partial charge in [-0.2, -0.15) is 0 Å². The molecule has 1 heterocycles. The zero-order valence-corrected chi connectivity index (χ0v) is 7.74. The molecule has 1 aliphatic carbocycles. The molecule has 0 unspecified atom stereocenters. The van der Waals surface area contributed by atoms with E-state index in [1.807, 2.05) is 0 Å². The molecule has 2 fully saturated rings. The van der Waals surface area contributed by atoms with Crippen molar-refractivity contribution in [2.45, 2.75) is 18.9 Å². The van der Waals surface area contributed by atoms with Crippen molar-refractivity contribution in [1.82, 2.24) is 4.90 Å². The summed E-state index contributed by atoms with van der Waals surface area (Å²) in [4.78, 5) is 13.2. The van der Waals surface area contributed by atoms with Crippen LogP contribution >= 0.6 is 0 Å². The molecule has 74 valence electrons. The fourth-order valence-electron chi connectivity index (χ4n) is 1.71. The Morgan fingerprint density at radius 3 is 2.92 bits per heavy atom. The molecule has 1 aliphatic heterocycles. The van der Waals surface area contributed by atoms with Crippen LogP contribution in [-0.4, -0.2) is 43.2 Å². The molecule has 1 saturated heterocycles. The molecule has 0 aromatic carbocycles. The maximum absolute atomic E-state index is 10.9. The van der Waals surface area contributed by atoms with Crippen LogP contribution in [0.2, 0.25) is 0 Å². The molecule has 13 heavy (non-hydrogen) atoms. The highest BCUT2D eigenvalue weighted by molar-refractivity contribution is 5.79. The zero-order valence-electron chi connectivity index (χ0n) is 7.74. The number of ether oxygens (including phenoxy) is 1. The predicted molar refractivity (Wildman–Crippen MR) is 48.1 cm³/mol. The van der Waals surface area contributed by atoms with E-state index in [0.29, 0.717) is 13.2 Å². The van der Waals surface area contributed by atoms with Crippen LogP contribution in [-0.2, 0) is 9.53 Å². The van der Waals surface area contributed by atoms with Crippen molar-refractivity contribution in [2.75, 3.05) is 26.2 Å². The van der Waals surface area contributed by atoms with E-state index in [0.717, 1.165) is 19.0 Å². The maximum Gasteiger partial charge on any atom is 0.247 e. The fourth-order valence-corrected chi connectivity index (χ4v) is 1.71. The van der Waals surface area contributed by atoms with E-state index < -0.39 is 0 Å². The van der Waals surface area contributed by atoms with E-state index in [9.17, 15) is 4.79 Å². The number of hydrogen-bond donors (Lipinski definition) is 1. The Balaban J connectivity index is 1.80. The Morgan fingerprint density at radius 2 is 2.31 bits per heavy atom. The van der Waals surface area contributed by atoms with E-state index in [1.54, 1.807) is 0 Å². The molecule has 0 aromatic rings. The molecule has 2 aliphatic rings. The monoisotopic (exact) mass is 184 g/mol. The number of carbonyl (C=O) groups is 1. The summed E-state index contributed by atoms with van der Waals surface area (Å²) in [5.74, 6) is 0.534. The van der Waals surface area contributed by atoms with Gasteiger partial charge in [0.15, 0.2) is 0 Å². The van der Waals surface area contributed by atoms with Gasteiger partial charge in [-0.15, -0.1) is 0 Å². The van der Waals surface area contributed by atoms with Crippen LogP contribution in [0.1, 0.15) is 12.8 Å². The van der Waals surface area contributed by atoms with Crippen LogP contribution in [0.5, 0.6) is 0 Å². The van der Waals surface area contributed by atoms with Gasteiger partial charge in [0.2, 0.25) is 5.91 Å². The summed E-state index contributed by atoms with van der Waals surface area (Å²) < 4.78 is 5.26. The molecule has 2 rings (SSSR count). The van der Waals surface area contributed by atoms with Crippen molar-refractivity contribution in [1.29, 1.82) is 0 Å². The van der Waals surface area contributed by atoms with Crippen LogP contribution in [0.3, 0.4) is 0 Å². The van der Waals surface area contributed by atoms with Gasteiger partial charge in [0, 0.05) is 19.6 Å². The molecule has 0 spiro atoms. The Morgan fingerprint density at radius 1 is 1.54 bits per heavy atom. The van der Waals surface area contributed by atoms with Crippen LogP contribution in [0.15, 0.2) is 0 Å². The van der Waals surface area contributed by atoms with Gasteiger partial charge in [-0.05, 0) is 18.8 Å². The molecule has 0 radical (unpaired) electrons. The Hall–Kier alpha value is -0.610. The Kier molecular flexibility index (Phi) is 2.51. The molecule has 1 saturated carbocycles. The Labute approximate surface area is 78.0 Å². The summed E-state index contributed by atoms with van der Waals surface area (Å²) in [5, 5.41) is 0. The van der Waals surface area contributed by atoms with Gasteiger partial charge >= 0.3 is 0 Å². The third-order valence-corrected chi connectivity index (χ3v) is 2.68. The van der Waals surface area contributed by atoms with Crippen LogP contribution in [0.4, 0.5) is 0 Å². The predicted octanol–water partition coefficient (Wildman–Crippen LogP) is -0.418. The lowest BCUT2D eigenvalue weighted by Gasteiger charge is -2.31. The number of morpholine rings is 1. The zero-order chi connectivity index (χ0) is 9.26. The van der Waals surface area contributed by atoms with Crippen molar-refractivity contribution in [3.63, 3.8) is 0 Å². The highest BCUT2D eigenvalue weighted by Crippen LogP contribution is 2.30. The van der Waals surface area contributed by atoms with E-state index in [4.69, 9.17) is 10.5 Å². The van der Waals surface area contributed by atoms with E-state index >= 15 is 0 Å². The van der Waals surface area contributed by atoms with Crippen LogP contribution in [0, 0.1) is 5.92 Å². The van der Waals surface area contributed by atoms with Gasteiger partial charge in [0.1, 0.15) is 6.10 Å². The largest absolute Gasteiger partial charge is 0.367 e. The third kappa shape index (κ3) is 2.42. The summed E-state index contributed by atoms with van der Waals surface area (Å²) in [6.45, 7) is 3.39. The minimum atomic E-state index is -0.382. The van der Waals surface area contributed by atoms with Crippen LogP contribution in [0.25, 0.3) is 0 Å². The van der Waals surface area contributed by atoms with E-state index in [1.165, 1.54) is 12.8 Å². The summed E-state index contributed by atoms with van der Waals surface area (Å²) in [6, 6.07) is 0. The van der Waals surface area contributed by atoms with Crippen molar-refractivity contribution < 1.29 is 9.53 Å². The standard InChI is InChI=1S/C9H16N2O2/c10-9(12)8-6-11(3-4-13-8)5-7-1-2-7/h7-8H,1-6H2,(H2,10,12)/t8-/m0/s1. The van der Waals surface area contributed by atoms with Crippen molar-refractivity contribution in [3.8, 4) is 0 Å². The maximum atomic E-state index is 10.9. The number of primary amides is 1. The quantitative estimate of drug-likeness (QED) is 0.648. The first kappa shape index (κ1) is 8.97. The molecular weight excluding hydrogens is 168 g/mol. The first-order valence-corrected chi connectivity index (χ1v) is 4.89. The van der Waals surface area contributed by atoms with Crippen molar-refractivity contribution >= 4 is 5.91 Å². The topological polar surface area (TPSA) is 55.6 Å². The highest BCUT2D eigenvalue weighted by Gasteiger charge is 2.29. The van der Waals surface area contributed by atoms with Gasteiger partial charge in [-0.3, -0.25) is 9.69 Å². The van der Waals surface area contributed by atoms with Crippen LogP contribution < -0.4 is 5.73 Å². The smallest absolute Gasteiger partial charge is 0.247 e. The number of rotatable bonds is 3. The fraction of sp³-hybridized carbons (Fsp3) is 0.889. The highest BCUT2D eigenvalue weighted by atomic mass is 16.5. The van der Waals surface area contributed by atoms with Gasteiger partial charge in [-0.1, -0.05) is 0 Å². The average Bonchev–Trinajstić information content (AvgIpc) is 2.89. The first-order valence-electron chi connectivity index (χ1n) is 4.89. The van der Waals surface area contributed by atoms with Crippen molar-refractivity contribution in [2.24, 2.45) is 11.7 Å². The minimum absolute atomic E-state index is 0.333. The van der Waals surface area contributed by atoms with Gasteiger partial charge in [0.25, 0.3) is 0 Å². The molecule has 0 aromatic heterocycles. The summed E-state index contributed by atoms with van der Waals surface area (Å²) in [5.41, 5.74) is 5.19. The summed E-state index contributed by atoms with van der Waals surface area (Å²) in [6.07, 6.45) is 2.31. The molecule has 4 heteroatoms. The number of carbonyl (C=O) groups excluding carboxylic acids is 1. The second-order valence-electron chi connectivity index (χ2n) is 3.96. The number of amides is 1. The lowest BCUT2D eigenvalue weighted by Crippen LogP contribution is -2.48. The Bertz CT molecular complexity index is 204. The number of nitrogens with zero attached hydrogens (tertiary/aromatic N) is 1. The number of hydrogen-bond acceptors (Lipinski definition) is 3. The molecule has 2 N–H and O–H groups in total. The molecule has 1 atom stereocenters. The molecule has 4 nitrogen and oxygen atoms in total. The molecule has 0 bridgehead atoms. The second-order valence-corrected chi connectivity index (χ2v) is 3.96. The van der Waals surface area contributed by atoms with Gasteiger partial charge < -0.3 is 10.5 Å².